The highest BCUT2D eigenvalue weighted by atomic mass is 32.2. The van der Waals surface area contributed by atoms with Crippen molar-refractivity contribution in [2.24, 2.45) is 0 Å². The summed E-state index contributed by atoms with van der Waals surface area (Å²) in [6, 6.07) is 7.34. The largest absolute Gasteiger partial charge is 0.748 e. The van der Waals surface area contributed by atoms with E-state index in [1.54, 1.807) is 6.07 Å². The van der Waals surface area contributed by atoms with E-state index >= 15 is 0 Å². The summed E-state index contributed by atoms with van der Waals surface area (Å²) in [7, 11) is 1.53. The molecule has 1 atom stereocenters. The number of hydrogen-bond acceptors (Lipinski definition) is 4. The van der Waals surface area contributed by atoms with Crippen molar-refractivity contribution in [3.63, 3.8) is 0 Å². The summed E-state index contributed by atoms with van der Waals surface area (Å²) in [5.41, 5.74) is 1.74. The molecule has 1 aromatic rings. The molecule has 0 N–H and O–H groups in total. The lowest BCUT2D eigenvalue weighted by molar-refractivity contribution is 0.289. The number of hydrogen-bond donors (Lipinski definition) is 0. The highest BCUT2D eigenvalue weighted by molar-refractivity contribution is 7.74. The molecule has 0 saturated heterocycles. The average molecular weight is 200 g/mol. The van der Waals surface area contributed by atoms with E-state index < -0.39 is 11.4 Å². The molecule has 0 fully saturated rings. The second-order valence-corrected chi connectivity index (χ2v) is 3.17. The number of aryl methyl sites for hydroxylation is 1. The van der Waals surface area contributed by atoms with Crippen LogP contribution >= 0.6 is 0 Å². The number of nitrogens with zero attached hydrogens (tertiary/aromatic N) is 1. The molecule has 0 spiro atoms. The first-order valence-electron chi connectivity index (χ1n) is 3.67. The van der Waals surface area contributed by atoms with Crippen LogP contribution in [0.25, 0.3) is 0 Å². The summed E-state index contributed by atoms with van der Waals surface area (Å²) >= 11 is -2.53. The third-order valence-corrected chi connectivity index (χ3v) is 1.88. The second kappa shape index (κ2) is 4.36. The third kappa shape index (κ3) is 3.14. The molecule has 5 heteroatoms. The minimum Gasteiger partial charge on any atom is -0.748 e. The molecule has 0 saturated carbocycles. The van der Waals surface area contributed by atoms with Gasteiger partial charge in [-0.25, -0.2) is 9.27 Å². The van der Waals surface area contributed by atoms with Gasteiger partial charge in [0.25, 0.3) is 0 Å². The van der Waals surface area contributed by atoms with Crippen LogP contribution in [0.3, 0.4) is 0 Å². The zero-order chi connectivity index (χ0) is 9.84. The van der Waals surface area contributed by atoms with Crippen LogP contribution < -0.4 is 5.06 Å². The standard InChI is InChI=1S/C8H11NO3S/c1-7-4-3-5-8(6-7)9(2)12-13(10)11/h3-6H,1-2H3,(H,10,11)/p-1. The first-order chi connectivity index (χ1) is 6.09. The van der Waals surface area contributed by atoms with Gasteiger partial charge in [-0.2, -0.15) is 4.28 Å². The highest BCUT2D eigenvalue weighted by Gasteiger charge is 2.00. The summed E-state index contributed by atoms with van der Waals surface area (Å²) in [4.78, 5) is 0. The Morgan fingerprint density at radius 2 is 2.23 bits per heavy atom. The SMILES string of the molecule is Cc1cccc(N(C)OS(=O)[O-])c1. The molecule has 4 nitrogen and oxygen atoms in total. The van der Waals surface area contributed by atoms with Crippen molar-refractivity contribution < 1.29 is 13.0 Å². The van der Waals surface area contributed by atoms with Gasteiger partial charge in [0.1, 0.15) is 11.4 Å². The van der Waals surface area contributed by atoms with E-state index in [4.69, 9.17) is 0 Å². The number of anilines is 1. The number of hydroxylamine groups is 1. The van der Waals surface area contributed by atoms with Gasteiger partial charge < -0.3 is 4.55 Å². The molecule has 0 aliphatic heterocycles. The van der Waals surface area contributed by atoms with Gasteiger partial charge in [0.15, 0.2) is 0 Å². The Kier molecular flexibility index (Phi) is 3.41. The van der Waals surface area contributed by atoms with Crippen LogP contribution in [0.1, 0.15) is 5.56 Å². The van der Waals surface area contributed by atoms with Gasteiger partial charge in [-0.15, -0.1) is 0 Å². The molecule has 13 heavy (non-hydrogen) atoms. The highest BCUT2D eigenvalue weighted by Crippen LogP contribution is 2.14. The molecule has 1 aromatic carbocycles. The van der Waals surface area contributed by atoms with E-state index in [1.165, 1.54) is 12.1 Å². The third-order valence-electron chi connectivity index (χ3n) is 1.54. The molecule has 0 radical (unpaired) electrons. The fourth-order valence-corrected chi connectivity index (χ4v) is 1.23. The molecule has 0 heterocycles. The van der Waals surface area contributed by atoms with Crippen molar-refractivity contribution in [1.82, 2.24) is 0 Å². The van der Waals surface area contributed by atoms with Crippen LogP contribution in [0.5, 0.6) is 0 Å². The maximum absolute atomic E-state index is 10.2. The molecule has 72 valence electrons. The van der Waals surface area contributed by atoms with Crippen LogP contribution in [0.4, 0.5) is 5.69 Å². The Morgan fingerprint density at radius 1 is 1.54 bits per heavy atom. The van der Waals surface area contributed by atoms with E-state index in [0.29, 0.717) is 5.69 Å². The zero-order valence-corrected chi connectivity index (χ0v) is 8.21. The van der Waals surface area contributed by atoms with Gasteiger partial charge in [-0.05, 0) is 24.6 Å². The molecular weight excluding hydrogens is 190 g/mol. The number of rotatable bonds is 3. The van der Waals surface area contributed by atoms with Gasteiger partial charge in [0.2, 0.25) is 0 Å². The van der Waals surface area contributed by atoms with Gasteiger partial charge in [-0.3, -0.25) is 0 Å². The average Bonchev–Trinajstić information content (AvgIpc) is 2.03. The van der Waals surface area contributed by atoms with Gasteiger partial charge >= 0.3 is 0 Å². The van der Waals surface area contributed by atoms with Crippen LogP contribution in [-0.2, 0) is 15.6 Å². The van der Waals surface area contributed by atoms with Crippen molar-refractivity contribution >= 4 is 17.0 Å². The van der Waals surface area contributed by atoms with Crippen molar-refractivity contribution in [2.45, 2.75) is 6.92 Å². The Bertz CT molecular complexity index is 316. The summed E-state index contributed by atoms with van der Waals surface area (Å²) in [5.74, 6) is 0. The van der Waals surface area contributed by atoms with E-state index in [1.807, 2.05) is 25.1 Å². The molecule has 0 aromatic heterocycles. The quantitative estimate of drug-likeness (QED) is 0.542. The summed E-state index contributed by atoms with van der Waals surface area (Å²) < 4.78 is 24.8. The van der Waals surface area contributed by atoms with Crippen LogP contribution in [-0.4, -0.2) is 15.8 Å². The fraction of sp³-hybridized carbons (Fsp3) is 0.250. The van der Waals surface area contributed by atoms with E-state index in [-0.39, 0.29) is 0 Å². The van der Waals surface area contributed by atoms with E-state index in [0.717, 1.165) is 5.56 Å². The lowest BCUT2D eigenvalue weighted by Crippen LogP contribution is -2.18. The van der Waals surface area contributed by atoms with Crippen LogP contribution in [0.15, 0.2) is 24.3 Å². The van der Waals surface area contributed by atoms with E-state index in [2.05, 4.69) is 4.28 Å². The number of benzene rings is 1. The minimum absolute atomic E-state index is 0.698. The fourth-order valence-electron chi connectivity index (χ4n) is 0.958. The predicted octanol–water partition coefficient (Wildman–Crippen LogP) is 1.16. The molecule has 0 amide bonds. The topological polar surface area (TPSA) is 52.6 Å². The lowest BCUT2D eigenvalue weighted by atomic mass is 10.2. The van der Waals surface area contributed by atoms with Crippen molar-refractivity contribution in [3.05, 3.63) is 29.8 Å². The monoisotopic (exact) mass is 200 g/mol. The Labute approximate surface area is 79.6 Å². The molecule has 1 unspecified atom stereocenters. The van der Waals surface area contributed by atoms with E-state index in [9.17, 15) is 8.76 Å². The predicted molar refractivity (Wildman–Crippen MR) is 49.6 cm³/mol. The summed E-state index contributed by atoms with van der Waals surface area (Å²) in [6.07, 6.45) is 0. The minimum atomic E-state index is -2.53. The maximum Gasteiger partial charge on any atom is 0.112 e. The van der Waals surface area contributed by atoms with Crippen molar-refractivity contribution in [1.29, 1.82) is 0 Å². The maximum atomic E-state index is 10.2. The van der Waals surface area contributed by atoms with Gasteiger partial charge in [0, 0.05) is 7.05 Å². The zero-order valence-electron chi connectivity index (χ0n) is 7.39. The smallest absolute Gasteiger partial charge is 0.112 e. The first-order valence-corrected chi connectivity index (χ1v) is 4.67. The van der Waals surface area contributed by atoms with Gasteiger partial charge in [0.05, 0.1) is 5.69 Å². The lowest BCUT2D eigenvalue weighted by Gasteiger charge is -2.19. The van der Waals surface area contributed by atoms with Crippen molar-refractivity contribution in [3.8, 4) is 0 Å². The van der Waals surface area contributed by atoms with Crippen LogP contribution in [0.2, 0.25) is 0 Å². The second-order valence-electron chi connectivity index (χ2n) is 2.62. The summed E-state index contributed by atoms with van der Waals surface area (Å²) in [6.45, 7) is 1.92. The Hall–Kier alpha value is -0.910. The van der Waals surface area contributed by atoms with Crippen LogP contribution in [0, 0.1) is 6.92 Å². The molecule has 0 aliphatic carbocycles. The Morgan fingerprint density at radius 3 is 2.77 bits per heavy atom. The molecule has 0 bridgehead atoms. The van der Waals surface area contributed by atoms with Crippen molar-refractivity contribution in [2.75, 3.05) is 12.1 Å². The molecule has 0 aliphatic rings. The summed E-state index contributed by atoms with van der Waals surface area (Å²) in [5, 5.41) is 1.19. The molecular formula is C8H10NO3S-. The molecule has 1 rings (SSSR count). The Balaban J connectivity index is 2.76. The van der Waals surface area contributed by atoms with Gasteiger partial charge in [-0.1, -0.05) is 12.1 Å². The first kappa shape index (κ1) is 10.2. The normalized spacial score (nSPS) is 12.5.